The number of aryl methyl sites for hydroxylation is 1. The Morgan fingerprint density at radius 3 is 2.80 bits per heavy atom. The Morgan fingerprint density at radius 1 is 1.25 bits per heavy atom. The van der Waals surface area contributed by atoms with Crippen LogP contribution >= 0.6 is 0 Å². The molecular formula is C17H23NO2. The molecule has 1 atom stereocenters. The van der Waals surface area contributed by atoms with E-state index >= 15 is 0 Å². The highest BCUT2D eigenvalue weighted by atomic mass is 16.3. The SMILES string of the molecule is O=C(NCC1(O)CCCC1)C1CCCc2ccccc21. The summed E-state index contributed by atoms with van der Waals surface area (Å²) in [6.45, 7) is 0.407. The zero-order chi connectivity index (χ0) is 14.0. The smallest absolute Gasteiger partial charge is 0.227 e. The summed E-state index contributed by atoms with van der Waals surface area (Å²) in [5.74, 6) is 0.0439. The average Bonchev–Trinajstić information content (AvgIpc) is 2.91. The van der Waals surface area contributed by atoms with Gasteiger partial charge in [0.1, 0.15) is 0 Å². The summed E-state index contributed by atoms with van der Waals surface area (Å²) >= 11 is 0. The van der Waals surface area contributed by atoms with Crippen LogP contribution in [0.2, 0.25) is 0 Å². The van der Waals surface area contributed by atoms with Crippen LogP contribution in [-0.2, 0) is 11.2 Å². The number of amides is 1. The van der Waals surface area contributed by atoms with E-state index in [4.69, 9.17) is 0 Å². The van der Waals surface area contributed by atoms with Crippen LogP contribution in [-0.4, -0.2) is 23.2 Å². The number of carbonyl (C=O) groups excluding carboxylic acids is 1. The fourth-order valence-corrected chi connectivity index (χ4v) is 3.61. The Kier molecular flexibility index (Phi) is 3.79. The van der Waals surface area contributed by atoms with Crippen molar-refractivity contribution in [2.24, 2.45) is 0 Å². The minimum atomic E-state index is -0.663. The molecule has 1 fully saturated rings. The van der Waals surface area contributed by atoms with Crippen LogP contribution in [0.25, 0.3) is 0 Å². The summed E-state index contributed by atoms with van der Waals surface area (Å²) in [5, 5.41) is 13.3. The number of rotatable bonds is 3. The summed E-state index contributed by atoms with van der Waals surface area (Å²) in [6, 6.07) is 8.25. The van der Waals surface area contributed by atoms with Crippen LogP contribution in [0, 0.1) is 0 Å². The summed E-state index contributed by atoms with van der Waals surface area (Å²) in [4.78, 5) is 12.4. The molecule has 108 valence electrons. The van der Waals surface area contributed by atoms with Gasteiger partial charge in [0.2, 0.25) is 5.91 Å². The van der Waals surface area contributed by atoms with Gasteiger partial charge in [-0.3, -0.25) is 4.79 Å². The van der Waals surface area contributed by atoms with E-state index in [9.17, 15) is 9.90 Å². The van der Waals surface area contributed by atoms with E-state index in [2.05, 4.69) is 17.4 Å². The predicted molar refractivity (Wildman–Crippen MR) is 78.5 cm³/mol. The number of aliphatic hydroxyl groups is 1. The lowest BCUT2D eigenvalue weighted by Gasteiger charge is -2.27. The van der Waals surface area contributed by atoms with Crippen LogP contribution in [0.3, 0.4) is 0 Å². The lowest BCUT2D eigenvalue weighted by atomic mass is 9.82. The Bertz CT molecular complexity index is 492. The predicted octanol–water partition coefficient (Wildman–Crippen LogP) is 2.53. The lowest BCUT2D eigenvalue weighted by Crippen LogP contribution is -2.43. The van der Waals surface area contributed by atoms with Crippen LogP contribution in [0.4, 0.5) is 0 Å². The van der Waals surface area contributed by atoms with Crippen molar-refractivity contribution >= 4 is 5.91 Å². The van der Waals surface area contributed by atoms with Crippen LogP contribution in [0.15, 0.2) is 24.3 Å². The number of benzene rings is 1. The molecule has 2 aliphatic rings. The number of fused-ring (bicyclic) bond motifs is 1. The zero-order valence-electron chi connectivity index (χ0n) is 11.9. The van der Waals surface area contributed by atoms with Gasteiger partial charge in [0.25, 0.3) is 0 Å². The van der Waals surface area contributed by atoms with Crippen molar-refractivity contribution in [1.82, 2.24) is 5.32 Å². The first-order chi connectivity index (χ1) is 9.68. The molecule has 0 spiro atoms. The minimum Gasteiger partial charge on any atom is -0.388 e. The van der Waals surface area contributed by atoms with Crippen molar-refractivity contribution in [3.63, 3.8) is 0 Å². The topological polar surface area (TPSA) is 49.3 Å². The van der Waals surface area contributed by atoms with Gasteiger partial charge in [-0.2, -0.15) is 0 Å². The molecule has 0 aromatic heterocycles. The van der Waals surface area contributed by atoms with Gasteiger partial charge in [-0.15, -0.1) is 0 Å². The molecule has 1 aromatic rings. The number of hydrogen-bond acceptors (Lipinski definition) is 2. The number of hydrogen-bond donors (Lipinski definition) is 2. The zero-order valence-corrected chi connectivity index (χ0v) is 11.9. The molecule has 3 rings (SSSR count). The van der Waals surface area contributed by atoms with Crippen molar-refractivity contribution < 1.29 is 9.90 Å². The van der Waals surface area contributed by atoms with Crippen molar-refractivity contribution in [3.05, 3.63) is 35.4 Å². The highest BCUT2D eigenvalue weighted by Gasteiger charge is 2.33. The normalized spacial score (nSPS) is 24.1. The van der Waals surface area contributed by atoms with Gasteiger partial charge in [-0.25, -0.2) is 0 Å². The van der Waals surface area contributed by atoms with E-state index in [1.54, 1.807) is 0 Å². The fourth-order valence-electron chi connectivity index (χ4n) is 3.61. The van der Waals surface area contributed by atoms with Crippen molar-refractivity contribution in [3.8, 4) is 0 Å². The van der Waals surface area contributed by atoms with E-state index in [0.717, 1.165) is 44.9 Å². The maximum Gasteiger partial charge on any atom is 0.227 e. The monoisotopic (exact) mass is 273 g/mol. The quantitative estimate of drug-likeness (QED) is 0.889. The Labute approximate surface area is 120 Å². The molecule has 0 aliphatic heterocycles. The van der Waals surface area contributed by atoms with Gasteiger partial charge in [-0.1, -0.05) is 37.1 Å². The van der Waals surface area contributed by atoms with E-state index < -0.39 is 5.60 Å². The van der Waals surface area contributed by atoms with Crippen LogP contribution < -0.4 is 5.32 Å². The molecule has 2 N–H and O–H groups in total. The largest absolute Gasteiger partial charge is 0.388 e. The number of carbonyl (C=O) groups is 1. The second kappa shape index (κ2) is 5.57. The Hall–Kier alpha value is -1.35. The maximum atomic E-state index is 12.4. The first-order valence-corrected chi connectivity index (χ1v) is 7.76. The standard InChI is InChI=1S/C17H23NO2/c19-16(18-12-17(20)10-3-4-11-17)15-9-5-7-13-6-1-2-8-14(13)15/h1-2,6,8,15,20H,3-5,7,9-12H2,(H,18,19). The van der Waals surface area contributed by atoms with Crippen LogP contribution in [0.5, 0.6) is 0 Å². The lowest BCUT2D eigenvalue weighted by molar-refractivity contribution is -0.124. The molecule has 1 aromatic carbocycles. The molecule has 1 amide bonds. The van der Waals surface area contributed by atoms with Gasteiger partial charge in [0.05, 0.1) is 11.5 Å². The number of nitrogens with one attached hydrogen (secondary N) is 1. The van der Waals surface area contributed by atoms with E-state index in [1.807, 2.05) is 12.1 Å². The second-order valence-corrected chi connectivity index (χ2v) is 6.29. The van der Waals surface area contributed by atoms with Crippen molar-refractivity contribution in [2.75, 3.05) is 6.54 Å². The van der Waals surface area contributed by atoms with Crippen molar-refractivity contribution in [2.45, 2.75) is 56.5 Å². The third-order valence-electron chi connectivity index (χ3n) is 4.81. The summed E-state index contributed by atoms with van der Waals surface area (Å²) in [5.41, 5.74) is 1.82. The third-order valence-corrected chi connectivity index (χ3v) is 4.81. The van der Waals surface area contributed by atoms with E-state index in [1.165, 1.54) is 11.1 Å². The summed E-state index contributed by atoms with van der Waals surface area (Å²) < 4.78 is 0. The van der Waals surface area contributed by atoms with E-state index in [0.29, 0.717) is 6.54 Å². The average molecular weight is 273 g/mol. The first kappa shape index (κ1) is 13.6. The first-order valence-electron chi connectivity index (χ1n) is 7.76. The van der Waals surface area contributed by atoms with Gasteiger partial charge < -0.3 is 10.4 Å². The molecule has 1 saturated carbocycles. The molecule has 20 heavy (non-hydrogen) atoms. The van der Waals surface area contributed by atoms with Gasteiger partial charge in [0, 0.05) is 6.54 Å². The van der Waals surface area contributed by atoms with E-state index in [-0.39, 0.29) is 11.8 Å². The molecule has 3 nitrogen and oxygen atoms in total. The minimum absolute atomic E-state index is 0.0371. The third kappa shape index (κ3) is 2.73. The highest BCUT2D eigenvalue weighted by molar-refractivity contribution is 5.84. The molecule has 2 aliphatic carbocycles. The molecule has 0 bridgehead atoms. The molecular weight excluding hydrogens is 250 g/mol. The molecule has 1 unspecified atom stereocenters. The Balaban J connectivity index is 1.66. The van der Waals surface area contributed by atoms with Gasteiger partial charge >= 0.3 is 0 Å². The molecule has 0 heterocycles. The fraction of sp³-hybridized carbons (Fsp3) is 0.588. The summed E-state index contributed by atoms with van der Waals surface area (Å²) in [6.07, 6.45) is 6.82. The van der Waals surface area contributed by atoms with Crippen molar-refractivity contribution in [1.29, 1.82) is 0 Å². The Morgan fingerprint density at radius 2 is 2.00 bits per heavy atom. The van der Waals surface area contributed by atoms with Crippen LogP contribution in [0.1, 0.15) is 55.6 Å². The highest BCUT2D eigenvalue weighted by Crippen LogP contribution is 2.32. The molecule has 0 radical (unpaired) electrons. The van der Waals surface area contributed by atoms with Gasteiger partial charge in [0.15, 0.2) is 0 Å². The van der Waals surface area contributed by atoms with Gasteiger partial charge in [-0.05, 0) is 43.2 Å². The molecule has 3 heteroatoms. The second-order valence-electron chi connectivity index (χ2n) is 6.29. The molecule has 0 saturated heterocycles. The summed E-state index contributed by atoms with van der Waals surface area (Å²) in [7, 11) is 0. The maximum absolute atomic E-state index is 12.4.